The molecule has 0 aromatic heterocycles. The third-order valence-corrected chi connectivity index (χ3v) is 7.96. The lowest BCUT2D eigenvalue weighted by Crippen LogP contribution is -2.23. The summed E-state index contributed by atoms with van der Waals surface area (Å²) in [6.45, 7) is 13.5. The van der Waals surface area contributed by atoms with E-state index in [1.807, 2.05) is 52.0 Å². The smallest absolute Gasteiger partial charge is 0.186 e. The predicted molar refractivity (Wildman–Crippen MR) is 187 cm³/mol. The van der Waals surface area contributed by atoms with E-state index in [2.05, 4.69) is 43.1 Å². The highest BCUT2D eigenvalue weighted by Gasteiger charge is 2.19. The van der Waals surface area contributed by atoms with E-state index in [4.69, 9.17) is 26.7 Å². The number of rotatable bonds is 13. The molecule has 8 heteroatoms. The Morgan fingerprint density at radius 1 is 0.565 bits per heavy atom. The number of aryl methyl sites for hydroxylation is 6. The van der Waals surface area contributed by atoms with Crippen molar-refractivity contribution in [2.75, 3.05) is 26.3 Å². The van der Waals surface area contributed by atoms with Crippen LogP contribution < -0.4 is 26.7 Å². The van der Waals surface area contributed by atoms with Crippen molar-refractivity contribution >= 4 is 5.96 Å². The minimum Gasteiger partial charge on any atom is -0.507 e. The van der Waals surface area contributed by atoms with Crippen molar-refractivity contribution in [3.05, 3.63) is 115 Å². The van der Waals surface area contributed by atoms with Gasteiger partial charge in [0.1, 0.15) is 36.2 Å². The second-order valence-corrected chi connectivity index (χ2v) is 12.3. The molecule has 0 aliphatic rings. The van der Waals surface area contributed by atoms with E-state index in [0.717, 1.165) is 78.3 Å². The molecule has 0 amide bonds. The number of phenols is 2. The summed E-state index contributed by atoms with van der Waals surface area (Å²) in [6, 6.07) is 16.4. The number of guanidine groups is 1. The Morgan fingerprint density at radius 3 is 1.48 bits per heavy atom. The lowest BCUT2D eigenvalue weighted by molar-refractivity contribution is 0.322. The molecule has 244 valence electrons. The van der Waals surface area contributed by atoms with E-state index < -0.39 is 0 Å². The van der Waals surface area contributed by atoms with Crippen LogP contribution in [0, 0.1) is 41.5 Å². The minimum atomic E-state index is 0.0300. The van der Waals surface area contributed by atoms with Crippen LogP contribution in [0.25, 0.3) is 0 Å². The standard InChI is InChI=1S/C38H48N4O4/c1-22-11-26(5)34(43)28(13-22)19-32-17-25(4)18-33(37(32)45-9-7-39)21-30-15-24(3)14-29(35(30)44)20-31-16-23(2)12-27(6)36(31)46-10-8-42-38(40)41/h11-18,43-44H,7-10,19-21,39H2,1-6H3,(H4,40,41,42). The van der Waals surface area contributed by atoms with Gasteiger partial charge in [0.05, 0.1) is 6.54 Å². The Morgan fingerprint density at radius 2 is 0.978 bits per heavy atom. The topological polar surface area (TPSA) is 149 Å². The molecule has 4 rings (SSSR count). The van der Waals surface area contributed by atoms with E-state index in [1.54, 1.807) is 0 Å². The molecule has 0 radical (unpaired) electrons. The molecule has 0 fully saturated rings. The SMILES string of the molecule is Cc1cc(C)c(O)c(Cc2cc(C)cc(Cc3cc(C)cc(Cc4cc(C)cc(C)c4OCCN=C(N)N)c3O)c2OCCN)c1. The van der Waals surface area contributed by atoms with Gasteiger partial charge in [-0.2, -0.15) is 0 Å². The van der Waals surface area contributed by atoms with Crippen LogP contribution in [0.5, 0.6) is 23.0 Å². The number of nitrogens with two attached hydrogens (primary N) is 3. The Kier molecular flexibility index (Phi) is 11.2. The van der Waals surface area contributed by atoms with E-state index in [1.165, 1.54) is 0 Å². The largest absolute Gasteiger partial charge is 0.507 e. The van der Waals surface area contributed by atoms with E-state index in [-0.39, 0.29) is 11.7 Å². The highest BCUT2D eigenvalue weighted by molar-refractivity contribution is 5.75. The van der Waals surface area contributed by atoms with Gasteiger partial charge in [-0.05, 0) is 86.1 Å². The highest BCUT2D eigenvalue weighted by Crippen LogP contribution is 2.37. The van der Waals surface area contributed by atoms with Crippen LogP contribution in [-0.4, -0.2) is 42.5 Å². The molecule has 4 aromatic rings. The van der Waals surface area contributed by atoms with Crippen LogP contribution in [-0.2, 0) is 19.3 Å². The molecule has 0 atom stereocenters. The van der Waals surface area contributed by atoms with Gasteiger partial charge in [0.2, 0.25) is 0 Å². The van der Waals surface area contributed by atoms with Crippen molar-refractivity contribution in [3.8, 4) is 23.0 Å². The van der Waals surface area contributed by atoms with Crippen LogP contribution in [0.4, 0.5) is 0 Å². The summed E-state index contributed by atoms with van der Waals surface area (Å²) in [6.07, 6.45) is 1.46. The average Bonchev–Trinajstić information content (AvgIpc) is 2.96. The van der Waals surface area contributed by atoms with Crippen LogP contribution in [0.15, 0.2) is 53.5 Å². The zero-order valence-corrected chi connectivity index (χ0v) is 28.0. The van der Waals surface area contributed by atoms with E-state index in [0.29, 0.717) is 51.3 Å². The molecule has 0 unspecified atom stereocenters. The number of ether oxygens (including phenoxy) is 2. The Labute approximate surface area is 272 Å². The minimum absolute atomic E-state index is 0.0300. The molecule has 8 nitrogen and oxygen atoms in total. The summed E-state index contributed by atoms with van der Waals surface area (Å²) >= 11 is 0. The maximum absolute atomic E-state index is 11.7. The maximum Gasteiger partial charge on any atom is 0.186 e. The van der Waals surface area contributed by atoms with Crippen LogP contribution in [0.1, 0.15) is 66.8 Å². The third kappa shape index (κ3) is 8.52. The summed E-state index contributed by atoms with van der Waals surface area (Å²) < 4.78 is 12.4. The lowest BCUT2D eigenvalue weighted by Gasteiger charge is -2.20. The Bertz CT molecular complexity index is 1740. The monoisotopic (exact) mass is 624 g/mol. The number of aliphatic imine (C=N–C) groups is 1. The quantitative estimate of drug-likeness (QED) is 0.0727. The van der Waals surface area contributed by atoms with Gasteiger partial charge >= 0.3 is 0 Å². The van der Waals surface area contributed by atoms with Crippen LogP contribution in [0.3, 0.4) is 0 Å². The fraction of sp³-hybridized carbons (Fsp3) is 0.342. The van der Waals surface area contributed by atoms with Gasteiger partial charge in [0, 0.05) is 25.8 Å². The summed E-state index contributed by atoms with van der Waals surface area (Å²) in [7, 11) is 0. The van der Waals surface area contributed by atoms with Gasteiger partial charge in [0.15, 0.2) is 5.96 Å². The summed E-state index contributed by atoms with van der Waals surface area (Å²) in [5.41, 5.74) is 28.3. The molecular formula is C38H48N4O4. The van der Waals surface area contributed by atoms with Crippen LogP contribution in [0.2, 0.25) is 0 Å². The average molecular weight is 625 g/mol. The third-order valence-electron chi connectivity index (χ3n) is 7.96. The van der Waals surface area contributed by atoms with E-state index in [9.17, 15) is 10.2 Å². The highest BCUT2D eigenvalue weighted by atomic mass is 16.5. The first-order chi connectivity index (χ1) is 21.9. The summed E-state index contributed by atoms with van der Waals surface area (Å²) in [5, 5.41) is 22.6. The number of hydrogen-bond acceptors (Lipinski definition) is 6. The number of nitrogens with zero attached hydrogens (tertiary/aromatic N) is 1. The fourth-order valence-electron chi connectivity index (χ4n) is 6.24. The first kappa shape index (κ1) is 34.2. The molecule has 0 saturated heterocycles. The molecule has 0 heterocycles. The molecule has 0 spiro atoms. The van der Waals surface area contributed by atoms with Gasteiger partial charge in [-0.1, -0.05) is 70.8 Å². The fourth-order valence-corrected chi connectivity index (χ4v) is 6.24. The maximum atomic E-state index is 11.7. The van der Waals surface area contributed by atoms with Crippen molar-refractivity contribution in [2.45, 2.75) is 60.8 Å². The van der Waals surface area contributed by atoms with Gasteiger partial charge in [-0.15, -0.1) is 0 Å². The summed E-state index contributed by atoms with van der Waals surface area (Å²) in [4.78, 5) is 4.03. The molecule has 0 saturated carbocycles. The predicted octanol–water partition coefficient (Wildman–Crippen LogP) is 5.71. The van der Waals surface area contributed by atoms with Gasteiger partial charge in [-0.25, -0.2) is 0 Å². The molecular weight excluding hydrogens is 576 g/mol. The second-order valence-electron chi connectivity index (χ2n) is 12.3. The number of aromatic hydroxyl groups is 2. The molecule has 0 aliphatic carbocycles. The van der Waals surface area contributed by atoms with Gasteiger partial charge < -0.3 is 36.9 Å². The van der Waals surface area contributed by atoms with Crippen molar-refractivity contribution in [1.29, 1.82) is 0 Å². The number of benzene rings is 4. The van der Waals surface area contributed by atoms with Crippen molar-refractivity contribution < 1.29 is 19.7 Å². The molecule has 8 N–H and O–H groups in total. The molecule has 0 aliphatic heterocycles. The van der Waals surface area contributed by atoms with Gasteiger partial charge in [-0.3, -0.25) is 4.99 Å². The normalized spacial score (nSPS) is 11.0. The Hall–Kier alpha value is -4.69. The first-order valence-electron chi connectivity index (χ1n) is 15.7. The van der Waals surface area contributed by atoms with Gasteiger partial charge in [0.25, 0.3) is 0 Å². The van der Waals surface area contributed by atoms with Crippen molar-refractivity contribution in [3.63, 3.8) is 0 Å². The summed E-state index contributed by atoms with van der Waals surface area (Å²) in [5.74, 6) is 2.08. The molecule has 4 aromatic carbocycles. The molecule has 46 heavy (non-hydrogen) atoms. The number of hydrogen-bond donors (Lipinski definition) is 5. The molecule has 0 bridgehead atoms. The van der Waals surface area contributed by atoms with Crippen molar-refractivity contribution in [1.82, 2.24) is 0 Å². The zero-order chi connectivity index (χ0) is 33.5. The van der Waals surface area contributed by atoms with Crippen molar-refractivity contribution in [2.24, 2.45) is 22.2 Å². The Balaban J connectivity index is 1.72. The van der Waals surface area contributed by atoms with E-state index >= 15 is 0 Å². The number of phenolic OH excluding ortho intramolecular Hbond substituents is 2. The zero-order valence-electron chi connectivity index (χ0n) is 28.0. The first-order valence-corrected chi connectivity index (χ1v) is 15.7. The lowest BCUT2D eigenvalue weighted by atomic mass is 9.91. The second kappa shape index (κ2) is 15.1. The van der Waals surface area contributed by atoms with Crippen LogP contribution >= 0.6 is 0 Å².